The molecule has 0 aliphatic carbocycles. The third-order valence-corrected chi connectivity index (χ3v) is 8.60. The van der Waals surface area contributed by atoms with E-state index in [2.05, 4.69) is 20.9 Å². The Morgan fingerprint density at radius 3 is 2.61 bits per heavy atom. The third-order valence-electron chi connectivity index (χ3n) is 6.29. The SMILES string of the molecule is CCC1CCCCN1C(=O)c1c[nH]c2ccc(S(=O)(=O)N(C)c3ccc(Br)cc3)cc2c1=O. The van der Waals surface area contributed by atoms with Gasteiger partial charge >= 0.3 is 0 Å². The highest BCUT2D eigenvalue weighted by Crippen LogP contribution is 2.26. The average Bonchev–Trinajstić information content (AvgIpc) is 2.83. The molecule has 1 aromatic heterocycles. The molecule has 174 valence electrons. The van der Waals surface area contributed by atoms with Crippen LogP contribution in [0.5, 0.6) is 0 Å². The molecule has 4 rings (SSSR count). The van der Waals surface area contributed by atoms with Gasteiger partial charge in [-0.15, -0.1) is 0 Å². The first-order valence-electron chi connectivity index (χ1n) is 10.9. The third kappa shape index (κ3) is 4.44. The van der Waals surface area contributed by atoms with Crippen molar-refractivity contribution in [1.29, 1.82) is 0 Å². The van der Waals surface area contributed by atoms with Crippen LogP contribution in [-0.4, -0.2) is 43.8 Å². The van der Waals surface area contributed by atoms with Crippen molar-refractivity contribution >= 4 is 48.5 Å². The fraction of sp³-hybridized carbons (Fsp3) is 0.333. The lowest BCUT2D eigenvalue weighted by atomic mass is 9.99. The fourth-order valence-corrected chi connectivity index (χ4v) is 5.80. The van der Waals surface area contributed by atoms with Crippen LogP contribution in [0, 0.1) is 0 Å². The Morgan fingerprint density at radius 2 is 1.91 bits per heavy atom. The maximum absolute atomic E-state index is 13.3. The van der Waals surface area contributed by atoms with Gasteiger partial charge in [0.05, 0.1) is 10.6 Å². The molecule has 2 heterocycles. The summed E-state index contributed by atoms with van der Waals surface area (Å²) in [5, 5.41) is 0.177. The van der Waals surface area contributed by atoms with Crippen LogP contribution in [-0.2, 0) is 10.0 Å². The van der Waals surface area contributed by atoms with Crippen LogP contribution in [0.3, 0.4) is 0 Å². The molecule has 1 saturated heterocycles. The van der Waals surface area contributed by atoms with Crippen LogP contribution in [0.25, 0.3) is 10.9 Å². The molecule has 1 aliphatic rings. The summed E-state index contributed by atoms with van der Waals surface area (Å²) in [4.78, 5) is 31.3. The number of aromatic amines is 1. The zero-order chi connectivity index (χ0) is 23.8. The number of aromatic nitrogens is 1. The van der Waals surface area contributed by atoms with Crippen molar-refractivity contribution in [2.24, 2.45) is 0 Å². The molecule has 1 atom stereocenters. The number of fused-ring (bicyclic) bond motifs is 1. The second-order valence-electron chi connectivity index (χ2n) is 8.24. The smallest absolute Gasteiger partial charge is 0.264 e. The second kappa shape index (κ2) is 9.30. The Kier molecular flexibility index (Phi) is 6.63. The number of rotatable bonds is 5. The van der Waals surface area contributed by atoms with Gasteiger partial charge < -0.3 is 9.88 Å². The van der Waals surface area contributed by atoms with Crippen LogP contribution in [0.2, 0.25) is 0 Å². The largest absolute Gasteiger partial charge is 0.360 e. The van der Waals surface area contributed by atoms with Crippen molar-refractivity contribution < 1.29 is 13.2 Å². The van der Waals surface area contributed by atoms with E-state index in [9.17, 15) is 18.0 Å². The van der Waals surface area contributed by atoms with Crippen molar-refractivity contribution in [1.82, 2.24) is 9.88 Å². The number of pyridine rings is 1. The summed E-state index contributed by atoms with van der Waals surface area (Å²) in [6.07, 6.45) is 5.19. The number of likely N-dealkylation sites (tertiary alicyclic amines) is 1. The Bertz CT molecular complexity index is 1350. The number of anilines is 1. The Labute approximate surface area is 201 Å². The van der Waals surface area contributed by atoms with Crippen molar-refractivity contribution in [2.45, 2.75) is 43.5 Å². The molecule has 3 aromatic rings. The predicted molar refractivity (Wildman–Crippen MR) is 133 cm³/mol. The van der Waals surface area contributed by atoms with Crippen LogP contribution in [0.15, 0.2) is 62.8 Å². The first-order valence-corrected chi connectivity index (χ1v) is 13.2. The number of amides is 1. The molecule has 9 heteroatoms. The summed E-state index contributed by atoms with van der Waals surface area (Å²) in [6, 6.07) is 11.4. The Morgan fingerprint density at radius 1 is 1.18 bits per heavy atom. The van der Waals surface area contributed by atoms with Crippen LogP contribution in [0.4, 0.5) is 5.69 Å². The Hall–Kier alpha value is -2.65. The van der Waals surface area contributed by atoms with Gasteiger partial charge in [-0.2, -0.15) is 0 Å². The lowest BCUT2D eigenvalue weighted by Crippen LogP contribution is -2.44. The molecule has 0 radical (unpaired) electrons. The van der Waals surface area contributed by atoms with E-state index in [1.807, 2.05) is 6.92 Å². The summed E-state index contributed by atoms with van der Waals surface area (Å²) in [5.74, 6) is -0.301. The minimum atomic E-state index is -3.91. The lowest BCUT2D eigenvalue weighted by molar-refractivity contribution is 0.0606. The number of halogens is 1. The monoisotopic (exact) mass is 531 g/mol. The highest BCUT2D eigenvalue weighted by Gasteiger charge is 2.28. The number of benzene rings is 2. The van der Waals surface area contributed by atoms with Crippen molar-refractivity contribution in [3.8, 4) is 0 Å². The van der Waals surface area contributed by atoms with E-state index >= 15 is 0 Å². The average molecular weight is 532 g/mol. The number of hydrogen-bond acceptors (Lipinski definition) is 4. The molecule has 1 fully saturated rings. The van der Waals surface area contributed by atoms with Gasteiger partial charge in [0.2, 0.25) is 5.43 Å². The van der Waals surface area contributed by atoms with Gasteiger partial charge in [-0.1, -0.05) is 22.9 Å². The maximum Gasteiger partial charge on any atom is 0.264 e. The van der Waals surface area contributed by atoms with E-state index in [1.54, 1.807) is 35.2 Å². The highest BCUT2D eigenvalue weighted by atomic mass is 79.9. The van der Waals surface area contributed by atoms with Gasteiger partial charge in [0.25, 0.3) is 15.9 Å². The molecule has 0 saturated carbocycles. The lowest BCUT2D eigenvalue weighted by Gasteiger charge is -2.35. The maximum atomic E-state index is 13.3. The number of carbonyl (C=O) groups is 1. The van der Waals surface area contributed by atoms with E-state index in [4.69, 9.17) is 0 Å². The van der Waals surface area contributed by atoms with Gasteiger partial charge in [-0.05, 0) is 68.1 Å². The van der Waals surface area contributed by atoms with Gasteiger partial charge in [0.15, 0.2) is 0 Å². The minimum Gasteiger partial charge on any atom is -0.360 e. The molecular formula is C24H26BrN3O4S. The van der Waals surface area contributed by atoms with Crippen molar-refractivity contribution in [3.05, 3.63) is 68.9 Å². The first kappa shape index (κ1) is 23.5. The number of nitrogens with zero attached hydrogens (tertiary/aromatic N) is 2. The summed E-state index contributed by atoms with van der Waals surface area (Å²) in [6.45, 7) is 2.67. The number of nitrogens with one attached hydrogen (secondary N) is 1. The molecule has 7 nitrogen and oxygen atoms in total. The molecule has 0 spiro atoms. The molecular weight excluding hydrogens is 506 g/mol. The van der Waals surface area contributed by atoms with Crippen LogP contribution in [0.1, 0.15) is 43.0 Å². The van der Waals surface area contributed by atoms with Gasteiger partial charge in [-0.3, -0.25) is 13.9 Å². The molecule has 2 aromatic carbocycles. The van der Waals surface area contributed by atoms with E-state index in [1.165, 1.54) is 29.7 Å². The van der Waals surface area contributed by atoms with E-state index < -0.39 is 15.5 Å². The Balaban J connectivity index is 1.74. The number of H-pyrrole nitrogens is 1. The van der Waals surface area contributed by atoms with Crippen molar-refractivity contribution in [2.75, 3.05) is 17.9 Å². The molecule has 1 N–H and O–H groups in total. The topological polar surface area (TPSA) is 90.6 Å². The first-order chi connectivity index (χ1) is 15.7. The second-order valence-corrected chi connectivity index (χ2v) is 11.1. The normalized spacial score (nSPS) is 16.7. The number of sulfonamides is 1. The molecule has 1 aliphatic heterocycles. The molecule has 33 heavy (non-hydrogen) atoms. The van der Waals surface area contributed by atoms with E-state index in [0.717, 1.165) is 30.2 Å². The fourth-order valence-electron chi connectivity index (χ4n) is 4.31. The summed E-state index contributed by atoms with van der Waals surface area (Å²) in [5.41, 5.74) is 0.551. The minimum absolute atomic E-state index is 0.0140. The standard InChI is InChI=1S/C24H26BrN3O4S/c1-3-17-6-4-5-13-28(17)24(30)21-15-26-22-12-11-19(14-20(22)23(21)29)33(31,32)27(2)18-9-7-16(25)8-10-18/h7-12,14-15,17H,3-6,13H2,1-2H3,(H,26,29). The summed E-state index contributed by atoms with van der Waals surface area (Å²) < 4.78 is 28.5. The van der Waals surface area contributed by atoms with Gasteiger partial charge in [0.1, 0.15) is 5.56 Å². The van der Waals surface area contributed by atoms with Gasteiger partial charge in [-0.25, -0.2) is 8.42 Å². The van der Waals surface area contributed by atoms with Gasteiger partial charge in [0, 0.05) is 41.2 Å². The van der Waals surface area contributed by atoms with Crippen molar-refractivity contribution in [3.63, 3.8) is 0 Å². The predicted octanol–water partition coefficient (Wildman–Crippen LogP) is 4.52. The molecule has 0 bridgehead atoms. The molecule has 1 amide bonds. The quantitative estimate of drug-likeness (QED) is 0.523. The summed E-state index contributed by atoms with van der Waals surface area (Å²) >= 11 is 3.34. The number of hydrogen-bond donors (Lipinski definition) is 1. The number of piperidine rings is 1. The van der Waals surface area contributed by atoms with E-state index in [-0.39, 0.29) is 27.8 Å². The van der Waals surface area contributed by atoms with E-state index in [0.29, 0.717) is 17.7 Å². The molecule has 1 unspecified atom stereocenters. The highest BCUT2D eigenvalue weighted by molar-refractivity contribution is 9.10. The summed E-state index contributed by atoms with van der Waals surface area (Å²) in [7, 11) is -2.44. The zero-order valence-corrected chi connectivity index (χ0v) is 20.9. The zero-order valence-electron chi connectivity index (χ0n) is 18.5. The van der Waals surface area contributed by atoms with Crippen LogP contribution < -0.4 is 9.73 Å². The van der Waals surface area contributed by atoms with Crippen LogP contribution >= 0.6 is 15.9 Å². The number of carbonyl (C=O) groups excluding carboxylic acids is 1.